The Bertz CT molecular complexity index is 208. The van der Waals surface area contributed by atoms with Gasteiger partial charge < -0.3 is 4.74 Å². The van der Waals surface area contributed by atoms with Crippen molar-refractivity contribution in [1.82, 2.24) is 0 Å². The molecule has 0 aromatic carbocycles. The molecule has 1 unspecified atom stereocenters. The van der Waals surface area contributed by atoms with Gasteiger partial charge in [0.25, 0.3) is 0 Å². The highest BCUT2D eigenvalue weighted by atomic mass is 35.5. The third-order valence-electron chi connectivity index (χ3n) is 2.19. The predicted molar refractivity (Wildman–Crippen MR) is 64.1 cm³/mol. The molecule has 15 heavy (non-hydrogen) atoms. The zero-order valence-electron chi connectivity index (χ0n) is 9.88. The Balaban J connectivity index is 3.45. The number of alkyl halides is 1. The number of carbonyl (C=O) groups is 1. The first kappa shape index (κ1) is 14.5. The van der Waals surface area contributed by atoms with Crippen LogP contribution in [0.1, 0.15) is 40.0 Å². The summed E-state index contributed by atoms with van der Waals surface area (Å²) in [7, 11) is 0. The molecule has 0 spiro atoms. The van der Waals surface area contributed by atoms with Crippen molar-refractivity contribution < 1.29 is 9.53 Å². The van der Waals surface area contributed by atoms with Gasteiger partial charge in [-0.25, -0.2) is 0 Å². The zero-order chi connectivity index (χ0) is 11.7. The monoisotopic (exact) mass is 232 g/mol. The molecule has 0 aliphatic heterocycles. The molecule has 1 atom stereocenters. The molecule has 3 heteroatoms. The second kappa shape index (κ2) is 8.78. The lowest BCUT2D eigenvalue weighted by molar-refractivity contribution is -0.140. The summed E-state index contributed by atoms with van der Waals surface area (Å²) in [5.41, 5.74) is 1.36. The summed E-state index contributed by atoms with van der Waals surface area (Å²) in [5, 5.41) is 0. The standard InChI is InChI=1S/C12H21ClO2/c1-10(2)5-4-6-11(3)7-8-15-12(14)9-13/h5,11H,4,6-9H2,1-3H3. The minimum absolute atomic E-state index is 0.0495. The highest BCUT2D eigenvalue weighted by Crippen LogP contribution is 2.11. The van der Waals surface area contributed by atoms with E-state index in [4.69, 9.17) is 16.3 Å². The maximum absolute atomic E-state index is 10.7. The van der Waals surface area contributed by atoms with Gasteiger partial charge in [-0.15, -0.1) is 11.6 Å². The Morgan fingerprint density at radius 2 is 2.07 bits per heavy atom. The Morgan fingerprint density at radius 3 is 2.60 bits per heavy atom. The Morgan fingerprint density at radius 1 is 1.40 bits per heavy atom. The maximum Gasteiger partial charge on any atom is 0.320 e. The van der Waals surface area contributed by atoms with Gasteiger partial charge in [-0.05, 0) is 39.0 Å². The Hall–Kier alpha value is -0.500. The Labute approximate surface area is 97.6 Å². The summed E-state index contributed by atoms with van der Waals surface area (Å²) in [6.45, 7) is 6.87. The summed E-state index contributed by atoms with van der Waals surface area (Å²) < 4.78 is 4.90. The Kier molecular flexibility index (Phi) is 8.49. The van der Waals surface area contributed by atoms with E-state index in [1.165, 1.54) is 5.57 Å². The van der Waals surface area contributed by atoms with Crippen LogP contribution in [-0.2, 0) is 9.53 Å². The van der Waals surface area contributed by atoms with Crippen LogP contribution in [0.25, 0.3) is 0 Å². The van der Waals surface area contributed by atoms with Crippen molar-refractivity contribution in [1.29, 1.82) is 0 Å². The van der Waals surface area contributed by atoms with Crippen molar-refractivity contribution >= 4 is 17.6 Å². The first-order valence-corrected chi connectivity index (χ1v) is 5.94. The van der Waals surface area contributed by atoms with Crippen molar-refractivity contribution in [3.05, 3.63) is 11.6 Å². The first-order valence-electron chi connectivity index (χ1n) is 5.41. The average molecular weight is 233 g/mol. The molecule has 0 radical (unpaired) electrons. The number of esters is 1. The third-order valence-corrected chi connectivity index (χ3v) is 2.41. The van der Waals surface area contributed by atoms with E-state index in [0.717, 1.165) is 19.3 Å². The van der Waals surface area contributed by atoms with Gasteiger partial charge in [0.15, 0.2) is 0 Å². The normalized spacial score (nSPS) is 12.0. The van der Waals surface area contributed by atoms with E-state index >= 15 is 0 Å². The number of halogens is 1. The second-order valence-electron chi connectivity index (χ2n) is 4.11. The van der Waals surface area contributed by atoms with E-state index in [0.29, 0.717) is 12.5 Å². The van der Waals surface area contributed by atoms with Gasteiger partial charge in [0.1, 0.15) is 5.88 Å². The molecule has 88 valence electrons. The molecular weight excluding hydrogens is 212 g/mol. The molecular formula is C12H21ClO2. The molecule has 0 rings (SSSR count). The lowest BCUT2D eigenvalue weighted by Crippen LogP contribution is -2.09. The van der Waals surface area contributed by atoms with Crippen LogP contribution >= 0.6 is 11.6 Å². The van der Waals surface area contributed by atoms with Gasteiger partial charge in [-0.1, -0.05) is 18.6 Å². The quantitative estimate of drug-likeness (QED) is 0.381. The van der Waals surface area contributed by atoms with Crippen LogP contribution in [0, 0.1) is 5.92 Å². The van der Waals surface area contributed by atoms with Gasteiger partial charge in [0.2, 0.25) is 0 Å². The zero-order valence-corrected chi connectivity index (χ0v) is 10.6. The van der Waals surface area contributed by atoms with Crippen molar-refractivity contribution in [2.45, 2.75) is 40.0 Å². The summed E-state index contributed by atoms with van der Waals surface area (Å²) >= 11 is 5.30. The van der Waals surface area contributed by atoms with Crippen LogP contribution in [0.3, 0.4) is 0 Å². The van der Waals surface area contributed by atoms with Crippen molar-refractivity contribution in [3.63, 3.8) is 0 Å². The van der Waals surface area contributed by atoms with Gasteiger partial charge >= 0.3 is 5.97 Å². The fourth-order valence-electron chi connectivity index (χ4n) is 1.21. The van der Waals surface area contributed by atoms with E-state index < -0.39 is 0 Å². The lowest BCUT2D eigenvalue weighted by atomic mass is 10.0. The van der Waals surface area contributed by atoms with Gasteiger partial charge in [-0.3, -0.25) is 4.79 Å². The topological polar surface area (TPSA) is 26.3 Å². The van der Waals surface area contributed by atoms with E-state index in [-0.39, 0.29) is 11.8 Å². The SMILES string of the molecule is CC(C)=CCCC(C)CCOC(=O)CCl. The minimum atomic E-state index is -0.326. The van der Waals surface area contributed by atoms with Crippen LogP contribution in [0.5, 0.6) is 0 Å². The van der Waals surface area contributed by atoms with Gasteiger partial charge in [-0.2, -0.15) is 0 Å². The van der Waals surface area contributed by atoms with E-state index in [1.54, 1.807) is 0 Å². The summed E-state index contributed by atoms with van der Waals surface area (Å²) in [6.07, 6.45) is 5.40. The van der Waals surface area contributed by atoms with E-state index in [2.05, 4.69) is 26.8 Å². The van der Waals surface area contributed by atoms with E-state index in [9.17, 15) is 4.79 Å². The van der Waals surface area contributed by atoms with Crippen molar-refractivity contribution in [3.8, 4) is 0 Å². The molecule has 0 fully saturated rings. The van der Waals surface area contributed by atoms with Gasteiger partial charge in [0, 0.05) is 0 Å². The summed E-state index contributed by atoms with van der Waals surface area (Å²) in [4.78, 5) is 10.7. The second-order valence-corrected chi connectivity index (χ2v) is 4.37. The summed E-state index contributed by atoms with van der Waals surface area (Å²) in [6, 6.07) is 0. The highest BCUT2D eigenvalue weighted by Gasteiger charge is 2.03. The van der Waals surface area contributed by atoms with Crippen LogP contribution in [0.4, 0.5) is 0 Å². The first-order chi connectivity index (χ1) is 7.06. The molecule has 0 aliphatic rings. The van der Waals surface area contributed by atoms with Gasteiger partial charge in [0.05, 0.1) is 6.61 Å². The minimum Gasteiger partial charge on any atom is -0.465 e. The molecule has 0 saturated carbocycles. The van der Waals surface area contributed by atoms with E-state index in [1.807, 2.05) is 0 Å². The van der Waals surface area contributed by atoms with Crippen LogP contribution in [-0.4, -0.2) is 18.5 Å². The number of carbonyl (C=O) groups excluding carboxylic acids is 1. The molecule has 0 aliphatic carbocycles. The molecule has 0 amide bonds. The van der Waals surface area contributed by atoms with Crippen LogP contribution < -0.4 is 0 Å². The molecule has 0 N–H and O–H groups in total. The molecule has 0 saturated heterocycles. The maximum atomic E-state index is 10.7. The predicted octanol–water partition coefficient (Wildman–Crippen LogP) is 3.54. The van der Waals surface area contributed by atoms with Crippen LogP contribution in [0.15, 0.2) is 11.6 Å². The average Bonchev–Trinajstić information content (AvgIpc) is 2.17. The van der Waals surface area contributed by atoms with Crippen molar-refractivity contribution in [2.24, 2.45) is 5.92 Å². The fourth-order valence-corrected chi connectivity index (χ4v) is 1.29. The largest absolute Gasteiger partial charge is 0.465 e. The fraction of sp³-hybridized carbons (Fsp3) is 0.750. The smallest absolute Gasteiger partial charge is 0.320 e. The lowest BCUT2D eigenvalue weighted by Gasteiger charge is -2.09. The summed E-state index contributed by atoms with van der Waals surface area (Å²) in [5.74, 6) is 0.212. The van der Waals surface area contributed by atoms with Crippen molar-refractivity contribution in [2.75, 3.05) is 12.5 Å². The van der Waals surface area contributed by atoms with Crippen LogP contribution in [0.2, 0.25) is 0 Å². The number of rotatable bonds is 7. The third kappa shape index (κ3) is 9.80. The molecule has 0 bridgehead atoms. The number of hydrogen-bond acceptors (Lipinski definition) is 2. The molecule has 0 aromatic heterocycles. The number of allylic oxidation sites excluding steroid dienone is 2. The molecule has 2 nitrogen and oxygen atoms in total. The highest BCUT2D eigenvalue weighted by molar-refractivity contribution is 6.26. The molecule has 0 aromatic rings. The molecule has 0 heterocycles. The number of ether oxygens (including phenoxy) is 1. The number of hydrogen-bond donors (Lipinski definition) is 0.